The Morgan fingerprint density at radius 1 is 1.28 bits per heavy atom. The van der Waals surface area contributed by atoms with Crippen molar-refractivity contribution in [1.29, 1.82) is 0 Å². The van der Waals surface area contributed by atoms with Crippen LogP contribution in [-0.4, -0.2) is 29.8 Å². The molecule has 18 heavy (non-hydrogen) atoms. The molecule has 1 aromatic carbocycles. The number of nitrogens with zero attached hydrogens (tertiary/aromatic N) is 1. The fourth-order valence-corrected chi connectivity index (χ4v) is 2.92. The van der Waals surface area contributed by atoms with Crippen LogP contribution in [-0.2, 0) is 0 Å². The second kappa shape index (κ2) is 6.14. The summed E-state index contributed by atoms with van der Waals surface area (Å²) in [5.41, 5.74) is 1.97. The van der Waals surface area contributed by atoms with Gasteiger partial charge in [0.15, 0.2) is 5.78 Å². The molecule has 1 aromatic rings. The van der Waals surface area contributed by atoms with Gasteiger partial charge < -0.3 is 0 Å². The van der Waals surface area contributed by atoms with Gasteiger partial charge in [-0.2, -0.15) is 0 Å². The SMILES string of the molecule is CCN(CC(=O)c1ccccc1C)C1CCCC1. The molecule has 0 amide bonds. The Balaban J connectivity index is 2.03. The highest BCUT2D eigenvalue weighted by atomic mass is 16.1. The van der Waals surface area contributed by atoms with Gasteiger partial charge in [-0.15, -0.1) is 0 Å². The van der Waals surface area contributed by atoms with Crippen molar-refractivity contribution >= 4 is 5.78 Å². The summed E-state index contributed by atoms with van der Waals surface area (Å²) in [4.78, 5) is 14.7. The average molecular weight is 245 g/mol. The molecule has 0 N–H and O–H groups in total. The van der Waals surface area contributed by atoms with E-state index < -0.39 is 0 Å². The van der Waals surface area contributed by atoms with Crippen LogP contribution in [0.1, 0.15) is 48.5 Å². The fraction of sp³-hybridized carbons (Fsp3) is 0.562. The van der Waals surface area contributed by atoms with Crippen molar-refractivity contribution in [2.45, 2.75) is 45.6 Å². The fourth-order valence-electron chi connectivity index (χ4n) is 2.92. The first-order valence-electron chi connectivity index (χ1n) is 7.05. The first-order valence-corrected chi connectivity index (χ1v) is 7.05. The molecule has 1 fully saturated rings. The molecule has 2 nitrogen and oxygen atoms in total. The monoisotopic (exact) mass is 245 g/mol. The summed E-state index contributed by atoms with van der Waals surface area (Å²) in [5.74, 6) is 0.266. The summed E-state index contributed by atoms with van der Waals surface area (Å²) in [6.07, 6.45) is 5.16. The van der Waals surface area contributed by atoms with Gasteiger partial charge in [0.1, 0.15) is 0 Å². The summed E-state index contributed by atoms with van der Waals surface area (Å²) in [5, 5.41) is 0. The smallest absolute Gasteiger partial charge is 0.177 e. The number of Topliss-reactive ketones (excluding diaryl/α,β-unsaturated/α-hetero) is 1. The van der Waals surface area contributed by atoms with E-state index in [0.717, 1.165) is 17.7 Å². The van der Waals surface area contributed by atoms with E-state index in [0.29, 0.717) is 12.6 Å². The third-order valence-corrected chi connectivity index (χ3v) is 4.04. The van der Waals surface area contributed by atoms with Crippen LogP contribution in [0.15, 0.2) is 24.3 Å². The minimum atomic E-state index is 0.266. The van der Waals surface area contributed by atoms with Gasteiger partial charge in [-0.05, 0) is 31.9 Å². The minimum Gasteiger partial charge on any atom is -0.293 e. The Morgan fingerprint density at radius 2 is 1.94 bits per heavy atom. The van der Waals surface area contributed by atoms with Gasteiger partial charge in [0.2, 0.25) is 0 Å². The summed E-state index contributed by atoms with van der Waals surface area (Å²) in [6, 6.07) is 8.52. The van der Waals surface area contributed by atoms with Crippen molar-refractivity contribution in [1.82, 2.24) is 4.90 Å². The molecule has 1 aliphatic rings. The molecule has 0 spiro atoms. The number of aryl methyl sites for hydroxylation is 1. The molecular formula is C16H23NO. The number of carbonyl (C=O) groups is 1. The molecule has 0 atom stereocenters. The van der Waals surface area contributed by atoms with Crippen LogP contribution in [0.3, 0.4) is 0 Å². The van der Waals surface area contributed by atoms with E-state index in [1.54, 1.807) is 0 Å². The van der Waals surface area contributed by atoms with Crippen LogP contribution in [0.2, 0.25) is 0 Å². The second-order valence-corrected chi connectivity index (χ2v) is 5.24. The lowest BCUT2D eigenvalue weighted by Gasteiger charge is -2.26. The summed E-state index contributed by atoms with van der Waals surface area (Å²) >= 11 is 0. The van der Waals surface area contributed by atoms with E-state index in [4.69, 9.17) is 0 Å². The molecule has 0 bridgehead atoms. The maximum atomic E-state index is 12.3. The van der Waals surface area contributed by atoms with Crippen LogP contribution < -0.4 is 0 Å². The first kappa shape index (κ1) is 13.3. The van der Waals surface area contributed by atoms with Crippen molar-refractivity contribution in [2.75, 3.05) is 13.1 Å². The number of carbonyl (C=O) groups excluding carboxylic acids is 1. The van der Waals surface area contributed by atoms with Crippen LogP contribution in [0, 0.1) is 6.92 Å². The van der Waals surface area contributed by atoms with Gasteiger partial charge in [-0.3, -0.25) is 9.69 Å². The molecule has 2 heteroatoms. The van der Waals surface area contributed by atoms with E-state index in [1.807, 2.05) is 31.2 Å². The molecule has 0 saturated heterocycles. The molecule has 2 rings (SSSR count). The largest absolute Gasteiger partial charge is 0.293 e. The number of likely N-dealkylation sites (N-methyl/N-ethyl adjacent to an activating group) is 1. The quantitative estimate of drug-likeness (QED) is 0.741. The Bertz CT molecular complexity index is 407. The van der Waals surface area contributed by atoms with Gasteiger partial charge in [0, 0.05) is 11.6 Å². The van der Waals surface area contributed by atoms with Crippen molar-refractivity contribution in [2.24, 2.45) is 0 Å². The number of ketones is 1. The number of hydrogen-bond donors (Lipinski definition) is 0. The normalized spacial score (nSPS) is 16.4. The van der Waals surface area contributed by atoms with E-state index >= 15 is 0 Å². The highest BCUT2D eigenvalue weighted by Gasteiger charge is 2.23. The van der Waals surface area contributed by atoms with E-state index in [1.165, 1.54) is 25.7 Å². The van der Waals surface area contributed by atoms with Gasteiger partial charge in [0.05, 0.1) is 6.54 Å². The molecule has 0 aliphatic heterocycles. The summed E-state index contributed by atoms with van der Waals surface area (Å²) < 4.78 is 0. The third-order valence-electron chi connectivity index (χ3n) is 4.04. The Hall–Kier alpha value is -1.15. The van der Waals surface area contributed by atoms with Gasteiger partial charge in [-0.25, -0.2) is 0 Å². The van der Waals surface area contributed by atoms with Crippen LogP contribution in [0.5, 0.6) is 0 Å². The second-order valence-electron chi connectivity index (χ2n) is 5.24. The Labute approximate surface area is 110 Å². The van der Waals surface area contributed by atoms with Crippen molar-refractivity contribution < 1.29 is 4.79 Å². The molecule has 1 aliphatic carbocycles. The van der Waals surface area contributed by atoms with E-state index in [2.05, 4.69) is 11.8 Å². The lowest BCUT2D eigenvalue weighted by molar-refractivity contribution is 0.0898. The minimum absolute atomic E-state index is 0.266. The predicted octanol–water partition coefficient (Wildman–Crippen LogP) is 3.44. The zero-order chi connectivity index (χ0) is 13.0. The lowest BCUT2D eigenvalue weighted by Crippen LogP contribution is -2.37. The zero-order valence-electron chi connectivity index (χ0n) is 11.5. The molecule has 0 unspecified atom stereocenters. The molecule has 0 aromatic heterocycles. The Kier molecular flexibility index (Phi) is 4.54. The molecular weight excluding hydrogens is 222 g/mol. The Morgan fingerprint density at radius 3 is 2.56 bits per heavy atom. The van der Waals surface area contributed by atoms with E-state index in [-0.39, 0.29) is 5.78 Å². The van der Waals surface area contributed by atoms with Crippen LogP contribution in [0.4, 0.5) is 0 Å². The highest BCUT2D eigenvalue weighted by molar-refractivity contribution is 5.98. The van der Waals surface area contributed by atoms with Gasteiger partial charge in [-0.1, -0.05) is 44.0 Å². The van der Waals surface area contributed by atoms with Gasteiger partial charge >= 0.3 is 0 Å². The predicted molar refractivity (Wildman–Crippen MR) is 75.0 cm³/mol. The topological polar surface area (TPSA) is 20.3 Å². The summed E-state index contributed by atoms with van der Waals surface area (Å²) in [7, 11) is 0. The van der Waals surface area contributed by atoms with E-state index in [9.17, 15) is 4.79 Å². The number of benzene rings is 1. The molecule has 0 heterocycles. The standard InChI is InChI=1S/C16H23NO/c1-3-17(14-9-5-6-10-14)12-16(18)15-11-7-4-8-13(15)2/h4,7-8,11,14H,3,5-6,9-10,12H2,1-2H3. The zero-order valence-corrected chi connectivity index (χ0v) is 11.5. The van der Waals surface area contributed by atoms with Crippen molar-refractivity contribution in [3.05, 3.63) is 35.4 Å². The first-order chi connectivity index (χ1) is 8.72. The molecule has 1 saturated carbocycles. The maximum Gasteiger partial charge on any atom is 0.177 e. The average Bonchev–Trinajstić information content (AvgIpc) is 2.90. The number of hydrogen-bond acceptors (Lipinski definition) is 2. The van der Waals surface area contributed by atoms with Crippen LogP contribution in [0.25, 0.3) is 0 Å². The molecule has 98 valence electrons. The van der Waals surface area contributed by atoms with Crippen LogP contribution >= 0.6 is 0 Å². The molecule has 0 radical (unpaired) electrons. The van der Waals surface area contributed by atoms with Crippen molar-refractivity contribution in [3.8, 4) is 0 Å². The lowest BCUT2D eigenvalue weighted by atomic mass is 10.0. The van der Waals surface area contributed by atoms with Crippen molar-refractivity contribution in [3.63, 3.8) is 0 Å². The number of rotatable bonds is 5. The highest BCUT2D eigenvalue weighted by Crippen LogP contribution is 2.23. The van der Waals surface area contributed by atoms with Gasteiger partial charge in [0.25, 0.3) is 0 Å². The maximum absolute atomic E-state index is 12.3. The third kappa shape index (κ3) is 2.99. The summed E-state index contributed by atoms with van der Waals surface area (Å²) in [6.45, 7) is 5.72.